The second-order valence-electron chi connectivity index (χ2n) is 4.04. The Morgan fingerprint density at radius 2 is 1.55 bits per heavy atom. The summed E-state index contributed by atoms with van der Waals surface area (Å²) in [7, 11) is -9.74. The fraction of sp³-hybridized carbons (Fsp3) is 0. The molecule has 0 atom stereocenters. The number of hydrogen-bond donors (Lipinski definition) is 4. The maximum Gasteiger partial charge on any atom is 0.446 e. The molecule has 2 aromatic carbocycles. The Labute approximate surface area is 124 Å². The van der Waals surface area contributed by atoms with Crippen LogP contribution in [0.4, 0.5) is 5.69 Å². The number of benzene rings is 2. The standard InChI is InChI=1S/C10H9NO9S2/c11-7-1-2-9(20-22(16,17)18)6-3-5(19-21(13,14)15)4-8(12)10(6)7/h1-4,12H,11H2,(H,13,14,15)(H,16,17,18). The summed E-state index contributed by atoms with van der Waals surface area (Å²) in [5.41, 5.74) is 5.65. The van der Waals surface area contributed by atoms with Crippen molar-refractivity contribution in [2.45, 2.75) is 0 Å². The van der Waals surface area contributed by atoms with Crippen LogP contribution in [-0.2, 0) is 20.8 Å². The summed E-state index contributed by atoms with van der Waals surface area (Å²) in [5, 5.41) is 9.61. The lowest BCUT2D eigenvalue weighted by molar-refractivity contribution is 0.382. The van der Waals surface area contributed by atoms with Crippen LogP contribution in [-0.4, -0.2) is 31.0 Å². The van der Waals surface area contributed by atoms with Gasteiger partial charge in [-0.1, -0.05) is 0 Å². The Morgan fingerprint density at radius 1 is 0.955 bits per heavy atom. The van der Waals surface area contributed by atoms with E-state index in [1.165, 1.54) is 6.07 Å². The minimum atomic E-state index is -4.87. The second-order valence-corrected chi connectivity index (χ2v) is 6.08. The third-order valence-corrected chi connectivity index (χ3v) is 3.25. The second kappa shape index (κ2) is 5.17. The van der Waals surface area contributed by atoms with Gasteiger partial charge in [0.1, 0.15) is 11.5 Å². The third-order valence-electron chi connectivity index (χ3n) is 2.46. The zero-order valence-corrected chi connectivity index (χ0v) is 12.1. The highest BCUT2D eigenvalue weighted by atomic mass is 32.3. The molecule has 22 heavy (non-hydrogen) atoms. The monoisotopic (exact) mass is 351 g/mol. The Morgan fingerprint density at radius 3 is 2.09 bits per heavy atom. The van der Waals surface area contributed by atoms with Crippen LogP contribution < -0.4 is 14.1 Å². The van der Waals surface area contributed by atoms with Crippen molar-refractivity contribution in [3.63, 3.8) is 0 Å². The first-order chi connectivity index (χ1) is 9.96. The maximum atomic E-state index is 10.8. The Bertz CT molecular complexity index is 950. The normalized spacial score (nSPS) is 12.3. The van der Waals surface area contributed by atoms with Crippen molar-refractivity contribution in [2.75, 3.05) is 5.73 Å². The first-order valence-electron chi connectivity index (χ1n) is 5.35. The number of phenols is 1. The average Bonchev–Trinajstić information content (AvgIpc) is 2.28. The van der Waals surface area contributed by atoms with E-state index in [9.17, 15) is 21.9 Å². The highest BCUT2D eigenvalue weighted by Gasteiger charge is 2.17. The van der Waals surface area contributed by atoms with Gasteiger partial charge in [-0.2, -0.15) is 16.8 Å². The van der Waals surface area contributed by atoms with Gasteiger partial charge in [0, 0.05) is 17.1 Å². The summed E-state index contributed by atoms with van der Waals surface area (Å²) in [6.07, 6.45) is 0. The van der Waals surface area contributed by atoms with E-state index in [0.29, 0.717) is 0 Å². The molecule has 0 aromatic heterocycles. The van der Waals surface area contributed by atoms with Crippen LogP contribution in [0.15, 0.2) is 24.3 Å². The third kappa shape index (κ3) is 3.67. The van der Waals surface area contributed by atoms with Crippen LogP contribution in [0.1, 0.15) is 0 Å². The number of rotatable bonds is 4. The lowest BCUT2D eigenvalue weighted by Gasteiger charge is -2.11. The fourth-order valence-corrected chi connectivity index (χ4v) is 2.50. The van der Waals surface area contributed by atoms with E-state index in [4.69, 9.17) is 14.8 Å². The molecule has 5 N–H and O–H groups in total. The number of aromatic hydroxyl groups is 1. The van der Waals surface area contributed by atoms with Crippen LogP contribution in [0, 0.1) is 0 Å². The summed E-state index contributed by atoms with van der Waals surface area (Å²) >= 11 is 0. The van der Waals surface area contributed by atoms with Gasteiger partial charge in [0.25, 0.3) is 0 Å². The van der Waals surface area contributed by atoms with Gasteiger partial charge in [-0.15, -0.1) is 0 Å². The van der Waals surface area contributed by atoms with Crippen LogP contribution in [0.2, 0.25) is 0 Å². The average molecular weight is 351 g/mol. The maximum absolute atomic E-state index is 10.8. The molecule has 0 saturated heterocycles. The van der Waals surface area contributed by atoms with Gasteiger partial charge in [0.05, 0.1) is 5.39 Å². The molecule has 0 heterocycles. The van der Waals surface area contributed by atoms with E-state index in [1.807, 2.05) is 0 Å². The van der Waals surface area contributed by atoms with Gasteiger partial charge in [-0.25, -0.2) is 0 Å². The van der Waals surface area contributed by atoms with Gasteiger partial charge in [-0.3, -0.25) is 9.11 Å². The van der Waals surface area contributed by atoms with Crippen molar-refractivity contribution in [1.82, 2.24) is 0 Å². The first kappa shape index (κ1) is 16.1. The van der Waals surface area contributed by atoms with E-state index in [-0.39, 0.29) is 16.5 Å². The van der Waals surface area contributed by atoms with Gasteiger partial charge in [-0.05, 0) is 18.2 Å². The molecule has 0 fully saturated rings. The molecular formula is C10H9NO9S2. The van der Waals surface area contributed by atoms with Crippen molar-refractivity contribution in [3.8, 4) is 17.2 Å². The van der Waals surface area contributed by atoms with Crippen molar-refractivity contribution in [1.29, 1.82) is 0 Å². The van der Waals surface area contributed by atoms with Crippen LogP contribution >= 0.6 is 0 Å². The van der Waals surface area contributed by atoms with Crippen molar-refractivity contribution in [3.05, 3.63) is 24.3 Å². The largest absolute Gasteiger partial charge is 0.507 e. The fourth-order valence-electron chi connectivity index (χ4n) is 1.79. The molecule has 0 amide bonds. The topological polar surface area (TPSA) is 173 Å². The van der Waals surface area contributed by atoms with Gasteiger partial charge < -0.3 is 19.2 Å². The molecule has 120 valence electrons. The van der Waals surface area contributed by atoms with E-state index in [2.05, 4.69) is 8.37 Å². The number of fused-ring (bicyclic) bond motifs is 1. The molecule has 0 unspecified atom stereocenters. The van der Waals surface area contributed by atoms with E-state index >= 15 is 0 Å². The van der Waals surface area contributed by atoms with Crippen molar-refractivity contribution >= 4 is 37.3 Å². The number of anilines is 1. The SMILES string of the molecule is Nc1ccc(OS(=O)(=O)O)c2cc(OS(=O)(=O)O)cc(O)c12. The highest BCUT2D eigenvalue weighted by Crippen LogP contribution is 2.39. The quantitative estimate of drug-likeness (QED) is 0.448. The lowest BCUT2D eigenvalue weighted by atomic mass is 10.1. The van der Waals surface area contributed by atoms with Gasteiger partial charge in [0.2, 0.25) is 0 Å². The van der Waals surface area contributed by atoms with Crippen LogP contribution in [0.25, 0.3) is 10.8 Å². The first-order valence-corrected chi connectivity index (χ1v) is 8.08. The molecule has 0 aliphatic rings. The Hall–Kier alpha value is -2.28. The Kier molecular flexibility index (Phi) is 3.78. The predicted octanol–water partition coefficient (Wildman–Crippen LogP) is 0.491. The summed E-state index contributed by atoms with van der Waals surface area (Å²) in [6, 6.07) is 4.05. The van der Waals surface area contributed by atoms with Gasteiger partial charge in [0.15, 0.2) is 5.75 Å². The number of hydrogen-bond acceptors (Lipinski definition) is 8. The summed E-state index contributed by atoms with van der Waals surface area (Å²) in [4.78, 5) is 0. The lowest BCUT2D eigenvalue weighted by Crippen LogP contribution is -2.08. The zero-order valence-electron chi connectivity index (χ0n) is 10.5. The smallest absolute Gasteiger partial charge is 0.446 e. The van der Waals surface area contributed by atoms with E-state index in [0.717, 1.165) is 18.2 Å². The minimum absolute atomic E-state index is 0.0218. The Balaban J connectivity index is 2.75. The molecule has 0 saturated carbocycles. The molecule has 0 spiro atoms. The molecular weight excluding hydrogens is 342 g/mol. The molecule has 0 radical (unpaired) electrons. The van der Waals surface area contributed by atoms with Crippen LogP contribution in [0.5, 0.6) is 17.2 Å². The molecule has 12 heteroatoms. The summed E-state index contributed by atoms with van der Waals surface area (Å²) in [5.74, 6) is -1.53. The van der Waals surface area contributed by atoms with Crippen LogP contribution in [0.3, 0.4) is 0 Å². The molecule has 2 aromatic rings. The summed E-state index contributed by atoms with van der Waals surface area (Å²) < 4.78 is 68.8. The highest BCUT2D eigenvalue weighted by molar-refractivity contribution is 7.81. The molecule has 10 nitrogen and oxygen atoms in total. The predicted molar refractivity (Wildman–Crippen MR) is 74.4 cm³/mol. The van der Waals surface area contributed by atoms with E-state index < -0.39 is 38.0 Å². The molecule has 0 aliphatic heterocycles. The van der Waals surface area contributed by atoms with Gasteiger partial charge >= 0.3 is 20.8 Å². The number of phenolic OH excluding ortho intramolecular Hbond substituents is 1. The zero-order chi connectivity index (χ0) is 16.7. The van der Waals surface area contributed by atoms with Crippen molar-refractivity contribution < 1.29 is 39.4 Å². The molecule has 2 rings (SSSR count). The van der Waals surface area contributed by atoms with E-state index in [1.54, 1.807) is 0 Å². The molecule has 0 aliphatic carbocycles. The number of nitrogens with two attached hydrogens (primary N) is 1. The van der Waals surface area contributed by atoms with Crippen molar-refractivity contribution in [2.24, 2.45) is 0 Å². The molecule has 0 bridgehead atoms. The summed E-state index contributed by atoms with van der Waals surface area (Å²) in [6.45, 7) is 0. The minimum Gasteiger partial charge on any atom is -0.507 e. The number of nitrogen functional groups attached to an aromatic ring is 1.